The molecule has 1 aromatic heterocycles. The topological polar surface area (TPSA) is 88.3 Å². The van der Waals surface area contributed by atoms with Crippen LogP contribution in [0.25, 0.3) is 0 Å². The summed E-state index contributed by atoms with van der Waals surface area (Å²) in [7, 11) is -2.16. The quantitative estimate of drug-likeness (QED) is 0.784. The summed E-state index contributed by atoms with van der Waals surface area (Å²) in [4.78, 5) is 13.2. The van der Waals surface area contributed by atoms with Crippen LogP contribution in [0, 0.1) is 0 Å². The van der Waals surface area contributed by atoms with Crippen molar-refractivity contribution in [1.29, 1.82) is 0 Å². The molecular formula is C10H16N2O4S. The molecule has 2 N–H and O–H groups in total. The Kier molecular flexibility index (Phi) is 4.07. The predicted octanol–water partition coefficient (Wildman–Crippen LogP) is 0.0782. The van der Waals surface area contributed by atoms with Gasteiger partial charge in [-0.2, -0.15) is 0 Å². The molecule has 17 heavy (non-hydrogen) atoms. The van der Waals surface area contributed by atoms with Crippen molar-refractivity contribution in [3.8, 4) is 0 Å². The summed E-state index contributed by atoms with van der Waals surface area (Å²) in [6, 6.07) is 2.42. The summed E-state index contributed by atoms with van der Waals surface area (Å²) < 4.78 is 31.3. The van der Waals surface area contributed by atoms with E-state index in [4.69, 9.17) is 4.74 Å². The second-order valence-corrected chi connectivity index (χ2v) is 5.99. The Bertz CT molecular complexity index is 513. The fourth-order valence-electron chi connectivity index (χ4n) is 1.38. The van der Waals surface area contributed by atoms with Gasteiger partial charge in [-0.05, 0) is 19.9 Å². The lowest BCUT2D eigenvalue weighted by Gasteiger charge is -2.24. The molecule has 0 aliphatic carbocycles. The Morgan fingerprint density at radius 2 is 2.06 bits per heavy atom. The molecule has 0 amide bonds. The van der Waals surface area contributed by atoms with Crippen molar-refractivity contribution in [2.24, 2.45) is 0 Å². The van der Waals surface area contributed by atoms with Gasteiger partial charge in [0.05, 0.1) is 17.0 Å². The van der Waals surface area contributed by atoms with Crippen LogP contribution in [0.5, 0.6) is 0 Å². The maximum atomic E-state index is 11.9. The van der Waals surface area contributed by atoms with Crippen molar-refractivity contribution >= 4 is 10.0 Å². The van der Waals surface area contributed by atoms with Crippen LogP contribution in [0.2, 0.25) is 0 Å². The van der Waals surface area contributed by atoms with Crippen LogP contribution in [-0.2, 0) is 14.8 Å². The van der Waals surface area contributed by atoms with E-state index in [1.54, 1.807) is 13.8 Å². The molecule has 1 heterocycles. The first-order valence-electron chi connectivity index (χ1n) is 4.98. The number of sulfonamides is 1. The molecule has 0 radical (unpaired) electrons. The van der Waals surface area contributed by atoms with Crippen LogP contribution in [0.3, 0.4) is 0 Å². The number of aromatic nitrogens is 1. The van der Waals surface area contributed by atoms with E-state index < -0.39 is 15.6 Å². The summed E-state index contributed by atoms with van der Waals surface area (Å²) in [5, 5.41) is 0. The van der Waals surface area contributed by atoms with Gasteiger partial charge in [-0.25, -0.2) is 13.1 Å². The van der Waals surface area contributed by atoms with Crippen LogP contribution < -0.4 is 10.3 Å². The number of hydrogen-bond donors (Lipinski definition) is 2. The Morgan fingerprint density at radius 3 is 2.53 bits per heavy atom. The number of rotatable bonds is 5. The standard InChI is InChI=1S/C10H16N2O4S/c1-10(2,7-16-3)12-17(14,15)8-4-5-9(13)11-6-8/h4-6,12H,7H2,1-3H3,(H,11,13). The van der Waals surface area contributed by atoms with Gasteiger partial charge in [0.15, 0.2) is 0 Å². The van der Waals surface area contributed by atoms with Crippen molar-refractivity contribution in [2.75, 3.05) is 13.7 Å². The molecule has 0 aliphatic rings. The zero-order chi connectivity index (χ0) is 13.1. The molecule has 0 aromatic carbocycles. The minimum absolute atomic E-state index is 0.0151. The Hall–Kier alpha value is -1.18. The normalized spacial score (nSPS) is 12.6. The number of hydrogen-bond acceptors (Lipinski definition) is 4. The number of pyridine rings is 1. The number of aromatic amines is 1. The summed E-state index contributed by atoms with van der Waals surface area (Å²) in [5.74, 6) is 0. The molecule has 0 aliphatic heterocycles. The zero-order valence-electron chi connectivity index (χ0n) is 9.98. The summed E-state index contributed by atoms with van der Waals surface area (Å²) in [6.45, 7) is 3.66. The van der Waals surface area contributed by atoms with Gasteiger partial charge in [-0.1, -0.05) is 0 Å². The van der Waals surface area contributed by atoms with Gasteiger partial charge in [0.25, 0.3) is 0 Å². The molecule has 0 spiro atoms. The van der Waals surface area contributed by atoms with Gasteiger partial charge in [-0.15, -0.1) is 0 Å². The van der Waals surface area contributed by atoms with E-state index in [9.17, 15) is 13.2 Å². The highest BCUT2D eigenvalue weighted by atomic mass is 32.2. The maximum absolute atomic E-state index is 11.9. The highest BCUT2D eigenvalue weighted by Gasteiger charge is 2.26. The van der Waals surface area contributed by atoms with Crippen LogP contribution >= 0.6 is 0 Å². The van der Waals surface area contributed by atoms with Crippen molar-refractivity contribution in [3.05, 3.63) is 28.7 Å². The minimum atomic E-state index is -3.66. The van der Waals surface area contributed by atoms with E-state index in [2.05, 4.69) is 9.71 Å². The van der Waals surface area contributed by atoms with Gasteiger partial charge in [-0.3, -0.25) is 4.79 Å². The number of nitrogens with one attached hydrogen (secondary N) is 2. The van der Waals surface area contributed by atoms with E-state index in [0.717, 1.165) is 12.3 Å². The second kappa shape index (κ2) is 4.99. The average Bonchev–Trinajstić information content (AvgIpc) is 2.16. The van der Waals surface area contributed by atoms with Crippen LogP contribution in [0.15, 0.2) is 28.0 Å². The maximum Gasteiger partial charge on any atom is 0.247 e. The van der Waals surface area contributed by atoms with Gasteiger partial charge in [0.1, 0.15) is 0 Å². The van der Waals surface area contributed by atoms with Gasteiger partial charge < -0.3 is 9.72 Å². The monoisotopic (exact) mass is 260 g/mol. The Balaban J connectivity index is 2.97. The average molecular weight is 260 g/mol. The summed E-state index contributed by atoms with van der Waals surface area (Å²) >= 11 is 0. The Labute approximate surface area is 100 Å². The molecule has 6 nitrogen and oxygen atoms in total. The molecule has 7 heteroatoms. The molecule has 0 unspecified atom stereocenters. The SMILES string of the molecule is COCC(C)(C)NS(=O)(=O)c1ccc(=O)[nH]c1. The van der Waals surface area contributed by atoms with Crippen molar-refractivity contribution in [2.45, 2.75) is 24.3 Å². The molecule has 0 saturated heterocycles. The third kappa shape index (κ3) is 3.95. The lowest BCUT2D eigenvalue weighted by Crippen LogP contribution is -2.46. The first-order valence-corrected chi connectivity index (χ1v) is 6.47. The number of ether oxygens (including phenoxy) is 1. The summed E-state index contributed by atoms with van der Waals surface area (Å²) in [6.07, 6.45) is 1.16. The first kappa shape index (κ1) is 13.9. The highest BCUT2D eigenvalue weighted by molar-refractivity contribution is 7.89. The number of H-pyrrole nitrogens is 1. The van der Waals surface area contributed by atoms with Crippen LogP contribution in [0.4, 0.5) is 0 Å². The van der Waals surface area contributed by atoms with E-state index >= 15 is 0 Å². The Morgan fingerprint density at radius 1 is 1.41 bits per heavy atom. The van der Waals surface area contributed by atoms with Gasteiger partial charge in [0, 0.05) is 19.4 Å². The van der Waals surface area contributed by atoms with Crippen molar-refractivity contribution in [3.63, 3.8) is 0 Å². The zero-order valence-corrected chi connectivity index (χ0v) is 10.8. The lowest BCUT2D eigenvalue weighted by molar-refractivity contribution is 0.141. The molecule has 0 bridgehead atoms. The smallest absolute Gasteiger partial charge is 0.247 e. The summed E-state index contributed by atoms with van der Waals surface area (Å²) in [5.41, 5.74) is -1.07. The fourth-order valence-corrected chi connectivity index (χ4v) is 2.74. The van der Waals surface area contributed by atoms with Crippen molar-refractivity contribution < 1.29 is 13.2 Å². The van der Waals surface area contributed by atoms with E-state index in [1.807, 2.05) is 0 Å². The molecule has 0 saturated carbocycles. The van der Waals surface area contributed by atoms with Crippen molar-refractivity contribution in [1.82, 2.24) is 9.71 Å². The fraction of sp³-hybridized carbons (Fsp3) is 0.500. The number of methoxy groups -OCH3 is 1. The van der Waals surface area contributed by atoms with E-state index in [0.29, 0.717) is 0 Å². The molecule has 1 rings (SSSR count). The lowest BCUT2D eigenvalue weighted by atomic mass is 10.1. The van der Waals surface area contributed by atoms with Gasteiger partial charge in [0.2, 0.25) is 15.6 Å². The molecule has 0 fully saturated rings. The van der Waals surface area contributed by atoms with E-state index in [1.165, 1.54) is 13.2 Å². The largest absolute Gasteiger partial charge is 0.383 e. The minimum Gasteiger partial charge on any atom is -0.383 e. The molecular weight excluding hydrogens is 244 g/mol. The van der Waals surface area contributed by atoms with E-state index in [-0.39, 0.29) is 17.1 Å². The van der Waals surface area contributed by atoms with Gasteiger partial charge >= 0.3 is 0 Å². The first-order chi connectivity index (χ1) is 7.77. The predicted molar refractivity (Wildman–Crippen MR) is 63.3 cm³/mol. The van der Waals surface area contributed by atoms with Crippen LogP contribution in [0.1, 0.15) is 13.8 Å². The second-order valence-electron chi connectivity index (χ2n) is 4.31. The van der Waals surface area contributed by atoms with Crippen LogP contribution in [-0.4, -0.2) is 32.7 Å². The molecule has 0 atom stereocenters. The third-order valence-corrected chi connectivity index (χ3v) is 3.68. The molecule has 96 valence electrons. The highest BCUT2D eigenvalue weighted by Crippen LogP contribution is 2.11. The molecule has 1 aromatic rings. The third-order valence-electron chi connectivity index (χ3n) is 1.98.